The summed E-state index contributed by atoms with van der Waals surface area (Å²) in [5.74, 6) is -2.23. The van der Waals surface area contributed by atoms with E-state index in [1.54, 1.807) is 30.3 Å². The van der Waals surface area contributed by atoms with Gasteiger partial charge in [0.25, 0.3) is 0 Å². The van der Waals surface area contributed by atoms with Gasteiger partial charge in [-0.3, -0.25) is 0 Å². The van der Waals surface area contributed by atoms with Crippen molar-refractivity contribution < 1.29 is 19.8 Å². The van der Waals surface area contributed by atoms with E-state index in [0.29, 0.717) is 5.69 Å². The van der Waals surface area contributed by atoms with Crippen LogP contribution in [0.2, 0.25) is 0 Å². The highest BCUT2D eigenvalue weighted by Gasteiger charge is 2.16. The second-order valence-corrected chi connectivity index (χ2v) is 4.80. The van der Waals surface area contributed by atoms with Crippen molar-refractivity contribution in [3.8, 4) is 0 Å². The number of nitrogens with one attached hydrogen (secondary N) is 1. The maximum absolute atomic E-state index is 11.2. The topological polar surface area (TPSA) is 119 Å². The number of aromatic carboxylic acids is 2. The van der Waals surface area contributed by atoms with E-state index in [-0.39, 0.29) is 29.9 Å². The SMILES string of the molecule is O=NN(CCNc1ccccc1C(=O)O)c1ccccc1C(=O)O. The van der Waals surface area contributed by atoms with Crippen molar-refractivity contribution in [3.05, 3.63) is 64.6 Å². The Hall–Kier alpha value is -3.42. The summed E-state index contributed by atoms with van der Waals surface area (Å²) < 4.78 is 0. The van der Waals surface area contributed by atoms with E-state index in [2.05, 4.69) is 10.6 Å². The van der Waals surface area contributed by atoms with E-state index in [9.17, 15) is 14.5 Å². The molecule has 2 rings (SSSR count). The fraction of sp³-hybridized carbons (Fsp3) is 0.125. The summed E-state index contributed by atoms with van der Waals surface area (Å²) in [6, 6.07) is 12.4. The monoisotopic (exact) mass is 329 g/mol. The van der Waals surface area contributed by atoms with Crippen LogP contribution in [0.4, 0.5) is 11.4 Å². The van der Waals surface area contributed by atoms with Gasteiger partial charge in [0.05, 0.1) is 28.6 Å². The second-order valence-electron chi connectivity index (χ2n) is 4.80. The molecule has 0 radical (unpaired) electrons. The van der Waals surface area contributed by atoms with Crippen molar-refractivity contribution in [2.45, 2.75) is 0 Å². The average Bonchev–Trinajstić information content (AvgIpc) is 2.59. The van der Waals surface area contributed by atoms with Gasteiger partial charge in [0.2, 0.25) is 0 Å². The van der Waals surface area contributed by atoms with Gasteiger partial charge in [-0.2, -0.15) is 0 Å². The van der Waals surface area contributed by atoms with E-state index in [0.717, 1.165) is 5.01 Å². The minimum atomic E-state index is -1.16. The highest BCUT2D eigenvalue weighted by molar-refractivity contribution is 5.95. The lowest BCUT2D eigenvalue weighted by Gasteiger charge is -2.18. The van der Waals surface area contributed by atoms with Gasteiger partial charge in [0.15, 0.2) is 0 Å². The molecule has 24 heavy (non-hydrogen) atoms. The number of carboxylic acid groups (broad SMARTS) is 2. The molecular weight excluding hydrogens is 314 g/mol. The predicted molar refractivity (Wildman–Crippen MR) is 88.4 cm³/mol. The zero-order chi connectivity index (χ0) is 17.5. The van der Waals surface area contributed by atoms with Crippen LogP contribution < -0.4 is 10.3 Å². The number of rotatable bonds is 8. The van der Waals surface area contributed by atoms with E-state index < -0.39 is 11.9 Å². The number of anilines is 2. The molecule has 0 bridgehead atoms. The summed E-state index contributed by atoms with van der Waals surface area (Å²) in [4.78, 5) is 33.4. The molecule has 0 spiro atoms. The standard InChI is InChI=1S/C16H15N3O5/c20-15(21)11-5-1-3-7-13(11)17-9-10-19(18-24)14-8-4-2-6-12(14)16(22)23/h1-8,17H,9-10H2,(H,20,21)(H,22,23). The molecule has 2 aromatic carbocycles. The predicted octanol–water partition coefficient (Wildman–Crippen LogP) is 2.68. The van der Waals surface area contributed by atoms with Crippen LogP contribution in [0.15, 0.2) is 53.8 Å². The van der Waals surface area contributed by atoms with Crippen LogP contribution in [0.3, 0.4) is 0 Å². The zero-order valence-corrected chi connectivity index (χ0v) is 12.5. The lowest BCUT2D eigenvalue weighted by molar-refractivity contribution is 0.0686. The molecular formula is C16H15N3O5. The number of benzene rings is 2. The Bertz CT molecular complexity index is 763. The van der Waals surface area contributed by atoms with Crippen molar-refractivity contribution in [2.24, 2.45) is 5.29 Å². The number of carboxylic acids is 2. The van der Waals surface area contributed by atoms with Gasteiger partial charge in [0.1, 0.15) is 0 Å². The fourth-order valence-electron chi connectivity index (χ4n) is 2.21. The molecule has 0 saturated carbocycles. The summed E-state index contributed by atoms with van der Waals surface area (Å²) >= 11 is 0. The number of nitrogens with zero attached hydrogens (tertiary/aromatic N) is 2. The minimum absolute atomic E-state index is 0.0389. The van der Waals surface area contributed by atoms with Gasteiger partial charge < -0.3 is 15.5 Å². The molecule has 0 heterocycles. The molecule has 8 nitrogen and oxygen atoms in total. The zero-order valence-electron chi connectivity index (χ0n) is 12.5. The molecule has 0 aliphatic heterocycles. The average molecular weight is 329 g/mol. The first kappa shape index (κ1) is 16.9. The van der Waals surface area contributed by atoms with Crippen molar-refractivity contribution in [3.63, 3.8) is 0 Å². The van der Waals surface area contributed by atoms with Crippen LogP contribution in [0.1, 0.15) is 20.7 Å². The van der Waals surface area contributed by atoms with Crippen LogP contribution in [0, 0.1) is 4.91 Å². The van der Waals surface area contributed by atoms with Crippen molar-refractivity contribution >= 4 is 23.3 Å². The first-order chi connectivity index (χ1) is 11.5. The lowest BCUT2D eigenvalue weighted by atomic mass is 10.1. The molecule has 0 fully saturated rings. The Balaban J connectivity index is 2.10. The fourth-order valence-corrected chi connectivity index (χ4v) is 2.21. The van der Waals surface area contributed by atoms with E-state index in [1.165, 1.54) is 18.2 Å². The quantitative estimate of drug-likeness (QED) is 0.503. The number of hydrogen-bond acceptors (Lipinski definition) is 5. The minimum Gasteiger partial charge on any atom is -0.478 e. The van der Waals surface area contributed by atoms with Gasteiger partial charge in [-0.05, 0) is 24.3 Å². The van der Waals surface area contributed by atoms with Gasteiger partial charge in [0, 0.05) is 12.2 Å². The molecule has 0 atom stereocenters. The highest BCUT2D eigenvalue weighted by atomic mass is 16.4. The first-order valence-electron chi connectivity index (χ1n) is 7.04. The van der Waals surface area contributed by atoms with Gasteiger partial charge >= 0.3 is 11.9 Å². The Morgan fingerprint density at radius 2 is 1.54 bits per heavy atom. The summed E-state index contributed by atoms with van der Waals surface area (Å²) in [7, 11) is 0. The number of hydrogen-bond donors (Lipinski definition) is 3. The van der Waals surface area contributed by atoms with E-state index >= 15 is 0 Å². The molecule has 0 aromatic heterocycles. The van der Waals surface area contributed by atoms with Crippen molar-refractivity contribution in [1.29, 1.82) is 0 Å². The van der Waals surface area contributed by atoms with Crippen LogP contribution in [-0.2, 0) is 0 Å². The Labute approximate surface area is 137 Å². The molecule has 0 unspecified atom stereocenters. The molecule has 8 heteroatoms. The van der Waals surface area contributed by atoms with Crippen molar-refractivity contribution in [2.75, 3.05) is 23.4 Å². The normalized spacial score (nSPS) is 10.0. The first-order valence-corrected chi connectivity index (χ1v) is 7.04. The van der Waals surface area contributed by atoms with Crippen LogP contribution in [0.5, 0.6) is 0 Å². The summed E-state index contributed by atoms with van der Waals surface area (Å²) in [5.41, 5.74) is 0.646. The largest absolute Gasteiger partial charge is 0.478 e. The Morgan fingerprint density at radius 3 is 2.17 bits per heavy atom. The molecule has 3 N–H and O–H groups in total. The maximum Gasteiger partial charge on any atom is 0.337 e. The molecule has 0 saturated heterocycles. The van der Waals surface area contributed by atoms with Crippen LogP contribution in [0.25, 0.3) is 0 Å². The third-order valence-corrected chi connectivity index (χ3v) is 3.31. The second kappa shape index (κ2) is 7.73. The number of para-hydroxylation sites is 2. The summed E-state index contributed by atoms with van der Waals surface area (Å²) in [6.07, 6.45) is 0. The third-order valence-electron chi connectivity index (χ3n) is 3.31. The smallest absolute Gasteiger partial charge is 0.337 e. The number of carbonyl (C=O) groups is 2. The van der Waals surface area contributed by atoms with Gasteiger partial charge in [-0.1, -0.05) is 24.3 Å². The maximum atomic E-state index is 11.2. The summed E-state index contributed by atoms with van der Waals surface area (Å²) in [6.45, 7) is 0.270. The Kier molecular flexibility index (Phi) is 5.45. The van der Waals surface area contributed by atoms with Crippen LogP contribution in [-0.4, -0.2) is 35.2 Å². The van der Waals surface area contributed by atoms with Crippen molar-refractivity contribution in [1.82, 2.24) is 0 Å². The van der Waals surface area contributed by atoms with Gasteiger partial charge in [-0.25, -0.2) is 14.6 Å². The molecule has 0 amide bonds. The molecule has 0 aliphatic carbocycles. The van der Waals surface area contributed by atoms with E-state index in [4.69, 9.17) is 10.2 Å². The van der Waals surface area contributed by atoms with Crippen LogP contribution >= 0.6 is 0 Å². The third kappa shape index (κ3) is 3.86. The summed E-state index contributed by atoms with van der Waals surface area (Å²) in [5, 5.41) is 25.0. The molecule has 124 valence electrons. The van der Waals surface area contributed by atoms with Gasteiger partial charge in [-0.15, -0.1) is 4.91 Å². The van der Waals surface area contributed by atoms with E-state index in [1.807, 2.05) is 0 Å². The number of nitroso groups, excluding NO2 is 1. The molecule has 2 aromatic rings. The lowest BCUT2D eigenvalue weighted by Crippen LogP contribution is -2.25. The molecule has 0 aliphatic rings. The highest BCUT2D eigenvalue weighted by Crippen LogP contribution is 2.21. The Morgan fingerprint density at radius 1 is 0.958 bits per heavy atom.